The Hall–Kier alpha value is -3.09. The smallest absolute Gasteiger partial charge is 0.254 e. The zero-order chi connectivity index (χ0) is 16.9. The average Bonchev–Trinajstić information content (AvgIpc) is 3.14. The highest BCUT2D eigenvalue weighted by molar-refractivity contribution is 5.95. The molecule has 0 radical (unpaired) electrons. The molecular weight excluding hydrogens is 304 g/mol. The Morgan fingerprint density at radius 3 is 2.75 bits per heavy atom. The van der Waals surface area contributed by atoms with Crippen LogP contribution in [0.25, 0.3) is 5.82 Å². The van der Waals surface area contributed by atoms with Crippen LogP contribution >= 0.6 is 0 Å². The molecule has 3 heterocycles. The molecule has 1 amide bonds. The number of nitrogens with one attached hydrogen (secondary N) is 1. The molecule has 24 heavy (non-hydrogen) atoms. The summed E-state index contributed by atoms with van der Waals surface area (Å²) in [6.07, 6.45) is 9.96. The largest absolute Gasteiger partial charge is 0.348 e. The molecule has 0 atom stereocenters. The molecule has 7 nitrogen and oxygen atoms in total. The molecule has 1 N–H and O–H groups in total. The average molecular weight is 322 g/mol. The summed E-state index contributed by atoms with van der Waals surface area (Å²) in [5, 5.41) is 2.89. The van der Waals surface area contributed by atoms with Crippen molar-refractivity contribution in [1.29, 1.82) is 0 Å². The Morgan fingerprint density at radius 2 is 2.08 bits per heavy atom. The molecule has 3 aromatic rings. The van der Waals surface area contributed by atoms with Crippen molar-refractivity contribution in [3.8, 4) is 5.82 Å². The van der Waals surface area contributed by atoms with Crippen molar-refractivity contribution < 1.29 is 4.79 Å². The molecule has 0 saturated carbocycles. The van der Waals surface area contributed by atoms with E-state index in [4.69, 9.17) is 0 Å². The zero-order valence-electron chi connectivity index (χ0n) is 13.5. The maximum Gasteiger partial charge on any atom is 0.254 e. The van der Waals surface area contributed by atoms with Crippen LogP contribution in [0, 0.1) is 0 Å². The number of carbonyl (C=O) groups excluding carboxylic acids is 1. The SMILES string of the molecule is CC(C)c1ncncc1C(=O)NCc1ccc(-n2ccnc2)nc1. The Kier molecular flexibility index (Phi) is 4.60. The summed E-state index contributed by atoms with van der Waals surface area (Å²) < 4.78 is 1.82. The number of imidazole rings is 1. The van der Waals surface area contributed by atoms with Crippen LogP contribution in [-0.4, -0.2) is 30.4 Å². The molecular formula is C17H18N6O. The van der Waals surface area contributed by atoms with Gasteiger partial charge in [0.2, 0.25) is 0 Å². The fourth-order valence-corrected chi connectivity index (χ4v) is 2.32. The molecule has 0 aliphatic heterocycles. The summed E-state index contributed by atoms with van der Waals surface area (Å²) in [6, 6.07) is 3.81. The minimum absolute atomic E-state index is 0.157. The van der Waals surface area contributed by atoms with Crippen LogP contribution in [0.2, 0.25) is 0 Å². The Bertz CT molecular complexity index is 811. The third-order valence-corrected chi connectivity index (χ3v) is 3.57. The third-order valence-electron chi connectivity index (χ3n) is 3.57. The van der Waals surface area contributed by atoms with Gasteiger partial charge in [0.15, 0.2) is 0 Å². The standard InChI is InChI=1S/C17H18N6O/c1-12(2)16-14(9-19-10-22-16)17(24)21-8-13-3-4-15(20-7-13)23-6-5-18-11-23/h3-7,9-12H,8H2,1-2H3,(H,21,24). The van der Waals surface area contributed by atoms with E-state index >= 15 is 0 Å². The highest BCUT2D eigenvalue weighted by Gasteiger charge is 2.15. The van der Waals surface area contributed by atoms with Crippen molar-refractivity contribution >= 4 is 5.91 Å². The van der Waals surface area contributed by atoms with E-state index in [0.29, 0.717) is 12.1 Å². The van der Waals surface area contributed by atoms with E-state index in [1.165, 1.54) is 6.33 Å². The Balaban J connectivity index is 1.67. The first-order chi connectivity index (χ1) is 11.6. The molecule has 0 aliphatic rings. The van der Waals surface area contributed by atoms with E-state index in [1.807, 2.05) is 36.7 Å². The number of hydrogen-bond acceptors (Lipinski definition) is 5. The van der Waals surface area contributed by atoms with Crippen LogP contribution in [0.1, 0.15) is 41.4 Å². The lowest BCUT2D eigenvalue weighted by Gasteiger charge is -2.11. The van der Waals surface area contributed by atoms with Crippen LogP contribution in [0.15, 0.2) is 49.6 Å². The first-order valence-corrected chi connectivity index (χ1v) is 7.66. The van der Waals surface area contributed by atoms with Gasteiger partial charge in [0.05, 0.1) is 11.3 Å². The maximum absolute atomic E-state index is 12.4. The number of nitrogens with zero attached hydrogens (tertiary/aromatic N) is 5. The molecule has 3 aromatic heterocycles. The van der Waals surface area contributed by atoms with Crippen LogP contribution in [-0.2, 0) is 6.54 Å². The van der Waals surface area contributed by atoms with Crippen LogP contribution in [0.5, 0.6) is 0 Å². The van der Waals surface area contributed by atoms with Crippen LogP contribution < -0.4 is 5.32 Å². The number of pyridine rings is 1. The molecule has 0 aliphatic carbocycles. The van der Waals surface area contributed by atoms with Gasteiger partial charge in [-0.05, 0) is 17.5 Å². The second-order valence-electron chi connectivity index (χ2n) is 5.65. The summed E-state index contributed by atoms with van der Waals surface area (Å²) in [7, 11) is 0. The fourth-order valence-electron chi connectivity index (χ4n) is 2.32. The van der Waals surface area contributed by atoms with Gasteiger partial charge in [-0.25, -0.2) is 19.9 Å². The summed E-state index contributed by atoms with van der Waals surface area (Å²) in [5.41, 5.74) is 2.17. The predicted molar refractivity (Wildman–Crippen MR) is 88.7 cm³/mol. The van der Waals surface area contributed by atoms with Crippen molar-refractivity contribution in [2.24, 2.45) is 0 Å². The normalized spacial score (nSPS) is 10.8. The van der Waals surface area contributed by atoms with E-state index < -0.39 is 0 Å². The molecule has 0 bridgehead atoms. The Morgan fingerprint density at radius 1 is 1.21 bits per heavy atom. The van der Waals surface area contributed by atoms with Crippen molar-refractivity contribution in [3.05, 3.63) is 66.4 Å². The van der Waals surface area contributed by atoms with Gasteiger partial charge in [0, 0.05) is 31.3 Å². The van der Waals surface area contributed by atoms with Crippen molar-refractivity contribution in [3.63, 3.8) is 0 Å². The van der Waals surface area contributed by atoms with Gasteiger partial charge in [0.1, 0.15) is 18.5 Å². The van der Waals surface area contributed by atoms with Gasteiger partial charge < -0.3 is 5.32 Å². The van der Waals surface area contributed by atoms with E-state index in [-0.39, 0.29) is 11.8 Å². The van der Waals surface area contributed by atoms with E-state index in [9.17, 15) is 4.79 Å². The van der Waals surface area contributed by atoms with Gasteiger partial charge in [-0.15, -0.1) is 0 Å². The number of aromatic nitrogens is 5. The molecule has 0 spiro atoms. The van der Waals surface area contributed by atoms with E-state index in [0.717, 1.165) is 17.1 Å². The van der Waals surface area contributed by atoms with Crippen LogP contribution in [0.3, 0.4) is 0 Å². The van der Waals surface area contributed by atoms with Crippen LogP contribution in [0.4, 0.5) is 0 Å². The highest BCUT2D eigenvalue weighted by atomic mass is 16.1. The molecule has 3 rings (SSSR count). The van der Waals surface area contributed by atoms with Gasteiger partial charge in [-0.2, -0.15) is 0 Å². The molecule has 0 fully saturated rings. The van der Waals surface area contributed by atoms with E-state index in [2.05, 4.69) is 25.3 Å². The molecule has 0 aromatic carbocycles. The summed E-state index contributed by atoms with van der Waals surface area (Å²) >= 11 is 0. The number of hydrogen-bond donors (Lipinski definition) is 1. The number of carbonyl (C=O) groups is 1. The maximum atomic E-state index is 12.4. The van der Waals surface area contributed by atoms with Gasteiger partial charge in [-0.3, -0.25) is 9.36 Å². The summed E-state index contributed by atoms with van der Waals surface area (Å²) in [5.74, 6) is 0.754. The second-order valence-corrected chi connectivity index (χ2v) is 5.65. The lowest BCUT2D eigenvalue weighted by Crippen LogP contribution is -2.25. The lowest BCUT2D eigenvalue weighted by molar-refractivity contribution is 0.0948. The number of rotatable bonds is 5. The Labute approximate surface area is 139 Å². The number of amides is 1. The van der Waals surface area contributed by atoms with Gasteiger partial charge in [-0.1, -0.05) is 19.9 Å². The van der Waals surface area contributed by atoms with Crippen molar-refractivity contribution in [2.75, 3.05) is 0 Å². The van der Waals surface area contributed by atoms with Crippen molar-refractivity contribution in [1.82, 2.24) is 29.8 Å². The summed E-state index contributed by atoms with van der Waals surface area (Å²) in [4.78, 5) is 28.9. The topological polar surface area (TPSA) is 85.6 Å². The monoisotopic (exact) mass is 322 g/mol. The fraction of sp³-hybridized carbons (Fsp3) is 0.235. The van der Waals surface area contributed by atoms with E-state index in [1.54, 1.807) is 24.9 Å². The molecule has 0 unspecified atom stereocenters. The predicted octanol–water partition coefficient (Wildman–Crippen LogP) is 2.11. The third kappa shape index (κ3) is 3.45. The minimum Gasteiger partial charge on any atom is -0.348 e. The summed E-state index contributed by atoms with van der Waals surface area (Å²) in [6.45, 7) is 4.39. The quantitative estimate of drug-likeness (QED) is 0.777. The molecule has 7 heteroatoms. The van der Waals surface area contributed by atoms with Gasteiger partial charge >= 0.3 is 0 Å². The zero-order valence-corrected chi connectivity index (χ0v) is 13.5. The first kappa shape index (κ1) is 15.8. The first-order valence-electron chi connectivity index (χ1n) is 7.66. The second kappa shape index (κ2) is 6.99. The van der Waals surface area contributed by atoms with Crippen molar-refractivity contribution in [2.45, 2.75) is 26.3 Å². The molecule has 0 saturated heterocycles. The molecule has 122 valence electrons. The lowest BCUT2D eigenvalue weighted by atomic mass is 10.0. The van der Waals surface area contributed by atoms with Gasteiger partial charge in [0.25, 0.3) is 5.91 Å². The minimum atomic E-state index is -0.182. The highest BCUT2D eigenvalue weighted by Crippen LogP contribution is 2.15.